The summed E-state index contributed by atoms with van der Waals surface area (Å²) in [5.74, 6) is 0.335. The molecule has 0 aromatic heterocycles. The minimum atomic E-state index is -0.720. The van der Waals surface area contributed by atoms with E-state index < -0.39 is 17.8 Å². The molecule has 0 fully saturated rings. The molecular formula is C28H29NO7. The van der Waals surface area contributed by atoms with Gasteiger partial charge in [-0.3, -0.25) is 14.6 Å². The summed E-state index contributed by atoms with van der Waals surface area (Å²) in [5, 5.41) is 0. The molecule has 0 saturated carbocycles. The molecule has 1 unspecified atom stereocenters. The maximum absolute atomic E-state index is 13.7. The van der Waals surface area contributed by atoms with Gasteiger partial charge in [0, 0.05) is 36.4 Å². The highest BCUT2D eigenvalue weighted by Crippen LogP contribution is 2.48. The molecule has 8 nitrogen and oxygen atoms in total. The Kier molecular flexibility index (Phi) is 6.78. The van der Waals surface area contributed by atoms with Crippen LogP contribution in [0.4, 0.5) is 0 Å². The van der Waals surface area contributed by atoms with Crippen LogP contribution in [0.2, 0.25) is 0 Å². The largest absolute Gasteiger partial charge is 0.497 e. The quantitative estimate of drug-likeness (QED) is 0.424. The average Bonchev–Trinajstić information content (AvgIpc) is 3.36. The number of nitrogens with zero attached hydrogens (tertiary/aromatic N) is 1. The lowest BCUT2D eigenvalue weighted by molar-refractivity contribution is -0.147. The van der Waals surface area contributed by atoms with Gasteiger partial charge < -0.3 is 23.7 Å². The molecule has 0 saturated heterocycles. The molecule has 3 aliphatic rings. The predicted molar refractivity (Wildman–Crippen MR) is 132 cm³/mol. The fourth-order valence-electron chi connectivity index (χ4n) is 5.26. The van der Waals surface area contributed by atoms with Crippen molar-refractivity contribution in [3.63, 3.8) is 0 Å². The summed E-state index contributed by atoms with van der Waals surface area (Å²) in [6.45, 7) is 2.39. The number of benzene rings is 2. The van der Waals surface area contributed by atoms with Crippen LogP contribution in [0.25, 0.3) is 0 Å². The Morgan fingerprint density at radius 1 is 1.00 bits per heavy atom. The van der Waals surface area contributed by atoms with E-state index in [2.05, 4.69) is 0 Å². The lowest BCUT2D eigenvalue weighted by Gasteiger charge is -2.36. The van der Waals surface area contributed by atoms with Crippen molar-refractivity contribution in [2.45, 2.75) is 31.6 Å². The van der Waals surface area contributed by atoms with Crippen molar-refractivity contribution in [1.82, 2.24) is 0 Å². The smallest absolute Gasteiger partial charge is 0.315 e. The van der Waals surface area contributed by atoms with E-state index in [4.69, 9.17) is 28.7 Å². The number of Topliss-reactive ketones (excluding diaryl/α,β-unsaturated/α-hetero) is 1. The molecule has 2 aromatic rings. The minimum Gasteiger partial charge on any atom is -0.497 e. The number of hydrogen-bond donors (Lipinski definition) is 0. The summed E-state index contributed by atoms with van der Waals surface area (Å²) >= 11 is 0. The van der Waals surface area contributed by atoms with Gasteiger partial charge in [-0.2, -0.15) is 0 Å². The number of ketones is 1. The molecule has 3 atom stereocenters. The van der Waals surface area contributed by atoms with E-state index in [0.29, 0.717) is 42.2 Å². The Morgan fingerprint density at radius 3 is 2.50 bits per heavy atom. The van der Waals surface area contributed by atoms with E-state index in [1.807, 2.05) is 49.4 Å². The number of esters is 1. The fourth-order valence-corrected chi connectivity index (χ4v) is 5.26. The van der Waals surface area contributed by atoms with Crippen LogP contribution in [0.5, 0.6) is 17.2 Å². The monoisotopic (exact) mass is 491 g/mol. The molecule has 2 aliphatic heterocycles. The van der Waals surface area contributed by atoms with Crippen LogP contribution >= 0.6 is 0 Å². The summed E-state index contributed by atoms with van der Waals surface area (Å²) < 4.78 is 26.9. The molecule has 0 spiro atoms. The van der Waals surface area contributed by atoms with Gasteiger partial charge in [0.25, 0.3) is 0 Å². The molecule has 2 heterocycles. The number of methoxy groups -OCH3 is 2. The topological polar surface area (TPSA) is 92.7 Å². The molecule has 0 bridgehead atoms. The van der Waals surface area contributed by atoms with Crippen LogP contribution in [-0.2, 0) is 19.1 Å². The van der Waals surface area contributed by atoms with Gasteiger partial charge in [-0.05, 0) is 54.7 Å². The van der Waals surface area contributed by atoms with E-state index in [1.165, 1.54) is 0 Å². The van der Waals surface area contributed by atoms with E-state index in [1.54, 1.807) is 14.2 Å². The van der Waals surface area contributed by atoms with Gasteiger partial charge in [-0.25, -0.2) is 0 Å². The van der Waals surface area contributed by atoms with Gasteiger partial charge in [0.15, 0.2) is 17.3 Å². The second-order valence-electron chi connectivity index (χ2n) is 9.14. The van der Waals surface area contributed by atoms with Gasteiger partial charge >= 0.3 is 5.97 Å². The van der Waals surface area contributed by atoms with Crippen LogP contribution < -0.4 is 14.2 Å². The van der Waals surface area contributed by atoms with E-state index in [-0.39, 0.29) is 25.1 Å². The number of aliphatic imine (C=N–C) groups is 1. The number of allylic oxidation sites excluding steroid dienone is 2. The first kappa shape index (κ1) is 24.1. The van der Waals surface area contributed by atoms with Crippen LogP contribution in [-0.4, -0.2) is 51.7 Å². The van der Waals surface area contributed by atoms with Gasteiger partial charge in [0.2, 0.25) is 6.79 Å². The third kappa shape index (κ3) is 4.48. The van der Waals surface area contributed by atoms with Crippen LogP contribution in [0.3, 0.4) is 0 Å². The number of ether oxygens (including phenoxy) is 5. The summed E-state index contributed by atoms with van der Waals surface area (Å²) in [6.07, 6.45) is 0.948. The molecule has 5 rings (SSSR count). The Bertz CT molecular complexity index is 1230. The molecule has 0 amide bonds. The summed E-state index contributed by atoms with van der Waals surface area (Å²) in [4.78, 5) is 31.8. The minimum absolute atomic E-state index is 0.00122. The zero-order chi connectivity index (χ0) is 25.2. The second kappa shape index (κ2) is 10.1. The summed E-state index contributed by atoms with van der Waals surface area (Å²) in [7, 11) is 3.18. The molecule has 1 aliphatic carbocycles. The Morgan fingerprint density at radius 2 is 1.75 bits per heavy atom. The predicted octanol–water partition coefficient (Wildman–Crippen LogP) is 4.19. The first-order chi connectivity index (χ1) is 17.5. The number of carbonyl (C=O) groups is 2. The van der Waals surface area contributed by atoms with Gasteiger partial charge in [0.1, 0.15) is 18.3 Å². The summed E-state index contributed by atoms with van der Waals surface area (Å²) in [5.41, 5.74) is 3.79. The zero-order valence-corrected chi connectivity index (χ0v) is 20.6. The average molecular weight is 492 g/mol. The van der Waals surface area contributed by atoms with Crippen LogP contribution in [0, 0.1) is 5.92 Å². The molecular weight excluding hydrogens is 462 g/mol. The standard InChI is InChI=1S/C28H29NO7/c1-16-25(28(31)34-11-10-32-2)26(18-6-9-23-24(14-18)36-15-35-23)27-21(29-16)12-19(13-22(27)30)17-4-7-20(33-3)8-5-17/h4-9,14,19,25-26H,10-13,15H2,1-3H3/t19-,25?,26-/m1/s1. The maximum atomic E-state index is 13.7. The molecule has 0 radical (unpaired) electrons. The van der Waals surface area contributed by atoms with Crippen molar-refractivity contribution in [3.05, 3.63) is 64.9 Å². The molecule has 2 aromatic carbocycles. The van der Waals surface area contributed by atoms with Crippen molar-refractivity contribution < 1.29 is 33.3 Å². The zero-order valence-electron chi connectivity index (χ0n) is 20.6. The van der Waals surface area contributed by atoms with Crippen molar-refractivity contribution in [2.75, 3.05) is 34.2 Å². The Balaban J connectivity index is 1.53. The highest BCUT2D eigenvalue weighted by atomic mass is 16.7. The highest BCUT2D eigenvalue weighted by Gasteiger charge is 2.45. The first-order valence-electron chi connectivity index (χ1n) is 12.0. The van der Waals surface area contributed by atoms with Crippen molar-refractivity contribution >= 4 is 17.5 Å². The van der Waals surface area contributed by atoms with Gasteiger partial charge in [-0.1, -0.05) is 18.2 Å². The van der Waals surface area contributed by atoms with E-state index in [9.17, 15) is 9.59 Å². The molecule has 8 heteroatoms. The van der Waals surface area contributed by atoms with Crippen LogP contribution in [0.15, 0.2) is 58.7 Å². The lowest BCUT2D eigenvalue weighted by Crippen LogP contribution is -2.38. The van der Waals surface area contributed by atoms with E-state index >= 15 is 0 Å². The third-order valence-corrected chi connectivity index (χ3v) is 7.02. The summed E-state index contributed by atoms with van der Waals surface area (Å²) in [6, 6.07) is 13.4. The molecule has 188 valence electrons. The maximum Gasteiger partial charge on any atom is 0.315 e. The van der Waals surface area contributed by atoms with Crippen LogP contribution in [0.1, 0.15) is 42.7 Å². The lowest BCUT2D eigenvalue weighted by atomic mass is 9.69. The van der Waals surface area contributed by atoms with Crippen molar-refractivity contribution in [2.24, 2.45) is 10.9 Å². The number of fused-ring (bicyclic) bond motifs is 1. The van der Waals surface area contributed by atoms with Gasteiger partial charge in [0.05, 0.1) is 13.7 Å². The normalized spacial score (nSPS) is 22.7. The number of carbonyl (C=O) groups excluding carboxylic acids is 2. The SMILES string of the molecule is COCCOC(=O)C1C(C)=NC2=C(C(=O)C[C@H](c3ccc(OC)cc3)C2)[C@@H]1c1ccc2c(c1)OCO2. The second-order valence-corrected chi connectivity index (χ2v) is 9.14. The Hall–Kier alpha value is -3.65. The van der Waals surface area contributed by atoms with E-state index in [0.717, 1.165) is 22.6 Å². The third-order valence-electron chi connectivity index (χ3n) is 7.02. The number of rotatable bonds is 7. The highest BCUT2D eigenvalue weighted by molar-refractivity contribution is 6.09. The molecule has 0 N–H and O–H groups in total. The fraction of sp³-hybridized carbons (Fsp3) is 0.393. The number of hydrogen-bond acceptors (Lipinski definition) is 8. The van der Waals surface area contributed by atoms with Crippen molar-refractivity contribution in [1.29, 1.82) is 0 Å². The van der Waals surface area contributed by atoms with Crippen molar-refractivity contribution in [3.8, 4) is 17.2 Å². The Labute approximate surface area is 209 Å². The first-order valence-corrected chi connectivity index (χ1v) is 12.0. The molecule has 36 heavy (non-hydrogen) atoms. The van der Waals surface area contributed by atoms with Gasteiger partial charge in [-0.15, -0.1) is 0 Å².